The van der Waals surface area contributed by atoms with Gasteiger partial charge < -0.3 is 24.4 Å². The number of para-hydroxylation sites is 2. The van der Waals surface area contributed by atoms with Crippen LogP contribution in [-0.2, 0) is 13.0 Å². The Morgan fingerprint density at radius 1 is 1.16 bits per heavy atom. The highest BCUT2D eigenvalue weighted by Crippen LogP contribution is 2.28. The van der Waals surface area contributed by atoms with Gasteiger partial charge in [-0.1, -0.05) is 31.9 Å². The summed E-state index contributed by atoms with van der Waals surface area (Å²) in [4.78, 5) is 9.83. The average molecular weight is 553 g/mol. The molecule has 2 aromatic rings. The molecular formula is C23H36IN7O. The summed E-state index contributed by atoms with van der Waals surface area (Å²) in [6.45, 7) is 7.46. The molecule has 2 heterocycles. The van der Waals surface area contributed by atoms with Crippen LogP contribution >= 0.6 is 24.0 Å². The van der Waals surface area contributed by atoms with Crippen LogP contribution in [-0.4, -0.2) is 71.5 Å². The van der Waals surface area contributed by atoms with Crippen molar-refractivity contribution in [1.82, 2.24) is 25.0 Å². The number of nitrogens with one attached hydrogen (secondary N) is 1. The lowest BCUT2D eigenvalue weighted by Crippen LogP contribution is -2.54. The quantitative estimate of drug-likeness (QED) is 0.323. The number of aliphatic imine (C=N–C) groups is 1. The molecular weight excluding hydrogens is 517 g/mol. The van der Waals surface area contributed by atoms with Crippen molar-refractivity contribution in [2.75, 3.05) is 44.7 Å². The molecule has 1 aliphatic carbocycles. The summed E-state index contributed by atoms with van der Waals surface area (Å²) in [5.41, 5.74) is 1.17. The Labute approximate surface area is 208 Å². The molecule has 2 aliphatic rings. The van der Waals surface area contributed by atoms with Crippen molar-refractivity contribution in [3.8, 4) is 5.75 Å². The maximum Gasteiger partial charge on any atom is 0.194 e. The van der Waals surface area contributed by atoms with Crippen molar-refractivity contribution < 1.29 is 4.74 Å². The normalized spacial score (nSPS) is 17.4. The Morgan fingerprint density at radius 3 is 2.62 bits per heavy atom. The second kappa shape index (κ2) is 12.3. The molecule has 1 aliphatic heterocycles. The van der Waals surface area contributed by atoms with E-state index in [4.69, 9.17) is 9.73 Å². The van der Waals surface area contributed by atoms with Crippen LogP contribution in [0.1, 0.15) is 38.4 Å². The minimum Gasteiger partial charge on any atom is -0.495 e. The van der Waals surface area contributed by atoms with E-state index in [0.29, 0.717) is 6.04 Å². The molecule has 176 valence electrons. The number of methoxy groups -OCH3 is 1. The fraction of sp³-hybridized carbons (Fsp3) is 0.609. The minimum absolute atomic E-state index is 0. The van der Waals surface area contributed by atoms with Crippen molar-refractivity contribution in [3.05, 3.63) is 36.4 Å². The lowest BCUT2D eigenvalue weighted by Gasteiger charge is -2.38. The highest BCUT2D eigenvalue weighted by molar-refractivity contribution is 14.0. The molecule has 0 radical (unpaired) electrons. The predicted octanol–water partition coefficient (Wildman–Crippen LogP) is 3.18. The van der Waals surface area contributed by atoms with Crippen LogP contribution in [0.3, 0.4) is 0 Å². The van der Waals surface area contributed by atoms with Gasteiger partial charge in [0.1, 0.15) is 17.9 Å². The lowest BCUT2D eigenvalue weighted by molar-refractivity contribution is 0.360. The predicted molar refractivity (Wildman–Crippen MR) is 139 cm³/mol. The molecule has 1 saturated heterocycles. The number of nitrogens with zero attached hydrogens (tertiary/aromatic N) is 6. The molecule has 1 aromatic heterocycles. The van der Waals surface area contributed by atoms with E-state index in [1.807, 2.05) is 18.5 Å². The molecule has 1 saturated carbocycles. The summed E-state index contributed by atoms with van der Waals surface area (Å²) in [5.74, 6) is 3.01. The first-order valence-corrected chi connectivity index (χ1v) is 11.6. The summed E-state index contributed by atoms with van der Waals surface area (Å²) in [7, 11) is 1.74. The molecule has 0 atom stereocenters. The second-order valence-corrected chi connectivity index (χ2v) is 8.27. The number of anilines is 1. The van der Waals surface area contributed by atoms with E-state index in [2.05, 4.69) is 48.9 Å². The van der Waals surface area contributed by atoms with Crippen molar-refractivity contribution in [2.24, 2.45) is 4.99 Å². The molecule has 0 bridgehead atoms. The number of halogens is 1. The second-order valence-electron chi connectivity index (χ2n) is 8.27. The first-order chi connectivity index (χ1) is 15.3. The zero-order chi connectivity index (χ0) is 21.5. The molecule has 0 amide bonds. The topological polar surface area (TPSA) is 70.8 Å². The van der Waals surface area contributed by atoms with Crippen LogP contribution < -0.4 is 15.0 Å². The fourth-order valence-corrected chi connectivity index (χ4v) is 4.54. The van der Waals surface area contributed by atoms with E-state index >= 15 is 0 Å². The minimum atomic E-state index is 0. The van der Waals surface area contributed by atoms with Gasteiger partial charge in [-0.2, -0.15) is 0 Å². The van der Waals surface area contributed by atoms with Crippen LogP contribution in [0.2, 0.25) is 0 Å². The van der Waals surface area contributed by atoms with E-state index in [1.54, 1.807) is 7.11 Å². The van der Waals surface area contributed by atoms with E-state index in [-0.39, 0.29) is 24.0 Å². The van der Waals surface area contributed by atoms with E-state index in [9.17, 15) is 0 Å². The number of guanidine groups is 1. The monoisotopic (exact) mass is 553 g/mol. The largest absolute Gasteiger partial charge is 0.495 e. The third-order valence-corrected chi connectivity index (χ3v) is 6.31. The first-order valence-electron chi connectivity index (χ1n) is 11.6. The molecule has 8 nitrogen and oxygen atoms in total. The van der Waals surface area contributed by atoms with Crippen LogP contribution in [0.4, 0.5) is 5.69 Å². The Hall–Kier alpha value is -2.04. The summed E-state index contributed by atoms with van der Waals surface area (Å²) in [5, 5.41) is 12.0. The van der Waals surface area contributed by atoms with Gasteiger partial charge in [-0.05, 0) is 25.0 Å². The molecule has 0 spiro atoms. The number of aryl methyl sites for hydroxylation is 1. The third kappa shape index (κ3) is 6.05. The van der Waals surface area contributed by atoms with Gasteiger partial charge in [0, 0.05) is 45.2 Å². The highest BCUT2D eigenvalue weighted by atomic mass is 127. The number of piperazine rings is 1. The van der Waals surface area contributed by atoms with Gasteiger partial charge in [0.2, 0.25) is 0 Å². The van der Waals surface area contributed by atoms with E-state index in [0.717, 1.165) is 63.2 Å². The van der Waals surface area contributed by atoms with Crippen LogP contribution in [0.25, 0.3) is 0 Å². The number of rotatable bonds is 7. The van der Waals surface area contributed by atoms with Crippen molar-refractivity contribution in [2.45, 2.75) is 51.6 Å². The summed E-state index contributed by atoms with van der Waals surface area (Å²) in [6.07, 6.45) is 7.81. The van der Waals surface area contributed by atoms with Crippen LogP contribution in [0.15, 0.2) is 35.6 Å². The first kappa shape index (κ1) is 24.6. The molecule has 9 heteroatoms. The maximum absolute atomic E-state index is 5.56. The Bertz CT molecular complexity index is 858. The van der Waals surface area contributed by atoms with E-state index < -0.39 is 0 Å². The highest BCUT2D eigenvalue weighted by Gasteiger charge is 2.24. The van der Waals surface area contributed by atoms with Gasteiger partial charge in [0.15, 0.2) is 5.96 Å². The lowest BCUT2D eigenvalue weighted by atomic mass is 10.2. The van der Waals surface area contributed by atoms with Gasteiger partial charge in [0.25, 0.3) is 0 Å². The van der Waals surface area contributed by atoms with Crippen molar-refractivity contribution >= 4 is 35.6 Å². The summed E-state index contributed by atoms with van der Waals surface area (Å²) >= 11 is 0. The number of benzene rings is 1. The standard InChI is InChI=1S/C23H35N7O.HI/c1-3-22-27-25-18-30(22)13-12-24-23(26-19-8-4-5-9-19)29-16-14-28(15-17-29)20-10-6-7-11-21(20)31-2;/h6-7,10-11,18-19H,3-5,8-9,12-17H2,1-2H3,(H,24,26);1H. The van der Waals surface area contributed by atoms with Gasteiger partial charge >= 0.3 is 0 Å². The molecule has 0 unspecified atom stereocenters. The molecule has 1 aromatic carbocycles. The molecule has 2 fully saturated rings. The fourth-order valence-electron chi connectivity index (χ4n) is 4.54. The van der Waals surface area contributed by atoms with Crippen molar-refractivity contribution in [1.29, 1.82) is 0 Å². The number of ether oxygens (including phenoxy) is 1. The Kier molecular flexibility index (Phi) is 9.43. The van der Waals surface area contributed by atoms with Gasteiger partial charge in [-0.15, -0.1) is 34.2 Å². The van der Waals surface area contributed by atoms with Gasteiger partial charge in [-0.3, -0.25) is 4.99 Å². The molecule has 1 N–H and O–H groups in total. The number of hydrogen-bond acceptors (Lipinski definition) is 5. The maximum atomic E-state index is 5.56. The SMILES string of the molecule is CCc1nncn1CCN=C(NC1CCCC1)N1CCN(c2ccccc2OC)CC1.I. The number of aromatic nitrogens is 3. The average Bonchev–Trinajstić information content (AvgIpc) is 3.50. The van der Waals surface area contributed by atoms with Gasteiger partial charge in [0.05, 0.1) is 19.3 Å². The van der Waals surface area contributed by atoms with Crippen LogP contribution in [0.5, 0.6) is 5.75 Å². The smallest absolute Gasteiger partial charge is 0.194 e. The van der Waals surface area contributed by atoms with E-state index in [1.165, 1.54) is 31.4 Å². The summed E-state index contributed by atoms with van der Waals surface area (Å²) in [6, 6.07) is 8.83. The zero-order valence-electron chi connectivity index (χ0n) is 19.2. The Morgan fingerprint density at radius 2 is 1.91 bits per heavy atom. The van der Waals surface area contributed by atoms with Crippen molar-refractivity contribution in [3.63, 3.8) is 0 Å². The summed E-state index contributed by atoms with van der Waals surface area (Å²) < 4.78 is 7.67. The zero-order valence-corrected chi connectivity index (χ0v) is 21.6. The number of hydrogen-bond donors (Lipinski definition) is 1. The molecule has 4 rings (SSSR count). The third-order valence-electron chi connectivity index (χ3n) is 6.31. The van der Waals surface area contributed by atoms with Crippen LogP contribution in [0, 0.1) is 0 Å². The Balaban J connectivity index is 0.00000289. The molecule has 32 heavy (non-hydrogen) atoms. The van der Waals surface area contributed by atoms with Gasteiger partial charge in [-0.25, -0.2) is 0 Å².